The number of rotatable bonds is 3. The SMILES string of the molecule is CC1CC(NC(C)(C)c2ccc(Br)cc2)CC(C)(C)C1. The maximum atomic E-state index is 3.90. The molecule has 1 saturated carbocycles. The smallest absolute Gasteiger partial charge is 0.0379 e. The molecule has 20 heavy (non-hydrogen) atoms. The monoisotopic (exact) mass is 337 g/mol. The highest BCUT2D eigenvalue weighted by molar-refractivity contribution is 9.10. The van der Waals surface area contributed by atoms with Crippen molar-refractivity contribution in [2.24, 2.45) is 11.3 Å². The van der Waals surface area contributed by atoms with Gasteiger partial charge in [-0.2, -0.15) is 0 Å². The molecule has 1 nitrogen and oxygen atoms in total. The molecule has 2 rings (SSSR count). The molecular weight excluding hydrogens is 310 g/mol. The normalized spacial score (nSPS) is 26.5. The van der Waals surface area contributed by atoms with Crippen LogP contribution in [-0.4, -0.2) is 6.04 Å². The van der Waals surface area contributed by atoms with Crippen LogP contribution < -0.4 is 5.32 Å². The highest BCUT2D eigenvalue weighted by Crippen LogP contribution is 2.39. The van der Waals surface area contributed by atoms with Crippen molar-refractivity contribution in [1.82, 2.24) is 5.32 Å². The molecule has 0 bridgehead atoms. The third-order valence-corrected chi connectivity index (χ3v) is 5.05. The van der Waals surface area contributed by atoms with Crippen LogP contribution in [0.3, 0.4) is 0 Å². The van der Waals surface area contributed by atoms with Crippen LogP contribution in [0.25, 0.3) is 0 Å². The zero-order valence-corrected chi connectivity index (χ0v) is 15.0. The molecule has 1 aromatic rings. The van der Waals surface area contributed by atoms with Crippen LogP contribution in [-0.2, 0) is 5.54 Å². The van der Waals surface area contributed by atoms with Crippen molar-refractivity contribution in [3.63, 3.8) is 0 Å². The van der Waals surface area contributed by atoms with Gasteiger partial charge in [0.25, 0.3) is 0 Å². The second kappa shape index (κ2) is 5.81. The minimum absolute atomic E-state index is 0.0263. The summed E-state index contributed by atoms with van der Waals surface area (Å²) in [6, 6.07) is 9.31. The lowest BCUT2D eigenvalue weighted by molar-refractivity contribution is 0.132. The summed E-state index contributed by atoms with van der Waals surface area (Å²) in [4.78, 5) is 0. The largest absolute Gasteiger partial charge is 0.305 e. The van der Waals surface area contributed by atoms with E-state index in [1.54, 1.807) is 0 Å². The molecule has 0 aromatic heterocycles. The summed E-state index contributed by atoms with van der Waals surface area (Å²) in [5.41, 5.74) is 1.85. The molecule has 0 spiro atoms. The van der Waals surface area contributed by atoms with Gasteiger partial charge in [-0.25, -0.2) is 0 Å². The first-order chi connectivity index (χ1) is 9.18. The van der Waals surface area contributed by atoms with Crippen LogP contribution in [0.15, 0.2) is 28.7 Å². The summed E-state index contributed by atoms with van der Waals surface area (Å²) in [7, 11) is 0. The van der Waals surface area contributed by atoms with Crippen molar-refractivity contribution in [2.75, 3.05) is 0 Å². The van der Waals surface area contributed by atoms with E-state index in [-0.39, 0.29) is 5.54 Å². The minimum Gasteiger partial charge on any atom is -0.305 e. The Morgan fingerprint density at radius 2 is 1.75 bits per heavy atom. The summed E-state index contributed by atoms with van der Waals surface area (Å²) < 4.78 is 1.14. The zero-order chi connectivity index (χ0) is 15.0. The summed E-state index contributed by atoms with van der Waals surface area (Å²) in [6.45, 7) is 11.8. The molecule has 1 aliphatic carbocycles. The van der Waals surface area contributed by atoms with Crippen molar-refractivity contribution in [2.45, 2.75) is 65.5 Å². The van der Waals surface area contributed by atoms with Crippen LogP contribution in [0.1, 0.15) is 59.4 Å². The molecule has 1 aromatic carbocycles. The maximum Gasteiger partial charge on any atom is 0.0379 e. The molecule has 2 unspecified atom stereocenters. The standard InChI is InChI=1S/C18H28BrN/c1-13-10-16(12-17(2,3)11-13)20-18(4,5)14-6-8-15(19)9-7-14/h6-9,13,16,20H,10-12H2,1-5H3. The van der Waals surface area contributed by atoms with E-state index in [9.17, 15) is 0 Å². The lowest BCUT2D eigenvalue weighted by atomic mass is 9.70. The first-order valence-electron chi connectivity index (χ1n) is 7.72. The van der Waals surface area contributed by atoms with Crippen molar-refractivity contribution in [1.29, 1.82) is 0 Å². The average molecular weight is 338 g/mol. The Bertz CT molecular complexity index is 447. The number of halogens is 1. The van der Waals surface area contributed by atoms with E-state index in [1.807, 2.05) is 0 Å². The van der Waals surface area contributed by atoms with E-state index in [0.717, 1.165) is 10.4 Å². The van der Waals surface area contributed by atoms with Gasteiger partial charge in [-0.1, -0.05) is 48.8 Å². The van der Waals surface area contributed by atoms with Gasteiger partial charge in [0.1, 0.15) is 0 Å². The molecule has 0 saturated heterocycles. The summed E-state index contributed by atoms with van der Waals surface area (Å²) >= 11 is 3.51. The van der Waals surface area contributed by atoms with Gasteiger partial charge in [-0.15, -0.1) is 0 Å². The number of hydrogen-bond donors (Lipinski definition) is 1. The number of hydrogen-bond acceptors (Lipinski definition) is 1. The maximum absolute atomic E-state index is 3.90. The molecular formula is C18H28BrN. The van der Waals surface area contributed by atoms with Crippen LogP contribution in [0.4, 0.5) is 0 Å². The quantitative estimate of drug-likeness (QED) is 0.768. The fourth-order valence-electron chi connectivity index (χ4n) is 3.92. The highest BCUT2D eigenvalue weighted by atomic mass is 79.9. The van der Waals surface area contributed by atoms with E-state index >= 15 is 0 Å². The summed E-state index contributed by atoms with van der Waals surface area (Å²) in [5, 5.41) is 3.90. The van der Waals surface area contributed by atoms with E-state index in [1.165, 1.54) is 24.8 Å². The topological polar surface area (TPSA) is 12.0 Å². The van der Waals surface area contributed by atoms with E-state index < -0.39 is 0 Å². The summed E-state index contributed by atoms with van der Waals surface area (Å²) in [6.07, 6.45) is 3.92. The van der Waals surface area contributed by atoms with Gasteiger partial charge in [0.05, 0.1) is 0 Å². The van der Waals surface area contributed by atoms with Crippen molar-refractivity contribution in [3.05, 3.63) is 34.3 Å². The second-order valence-electron chi connectivity index (χ2n) is 7.89. The Morgan fingerprint density at radius 3 is 2.30 bits per heavy atom. The van der Waals surface area contributed by atoms with Gasteiger partial charge in [-0.3, -0.25) is 0 Å². The molecule has 2 heteroatoms. The van der Waals surface area contributed by atoms with E-state index in [4.69, 9.17) is 0 Å². The van der Waals surface area contributed by atoms with Crippen LogP contribution in [0.2, 0.25) is 0 Å². The van der Waals surface area contributed by atoms with Gasteiger partial charge in [0.15, 0.2) is 0 Å². The Morgan fingerprint density at radius 1 is 1.15 bits per heavy atom. The molecule has 0 radical (unpaired) electrons. The predicted molar refractivity (Wildman–Crippen MR) is 90.9 cm³/mol. The zero-order valence-electron chi connectivity index (χ0n) is 13.5. The summed E-state index contributed by atoms with van der Waals surface area (Å²) in [5.74, 6) is 0.817. The lowest BCUT2D eigenvalue weighted by Crippen LogP contribution is -2.48. The van der Waals surface area contributed by atoms with E-state index in [0.29, 0.717) is 11.5 Å². The Balaban J connectivity index is 2.09. The minimum atomic E-state index is 0.0263. The van der Waals surface area contributed by atoms with Gasteiger partial charge in [0.2, 0.25) is 0 Å². The van der Waals surface area contributed by atoms with Crippen LogP contribution in [0.5, 0.6) is 0 Å². The molecule has 0 heterocycles. The van der Waals surface area contributed by atoms with Crippen molar-refractivity contribution < 1.29 is 0 Å². The predicted octanol–water partition coefficient (Wildman–Crippen LogP) is 5.49. The van der Waals surface area contributed by atoms with Gasteiger partial charge < -0.3 is 5.32 Å². The lowest BCUT2D eigenvalue weighted by Gasteiger charge is -2.43. The first kappa shape index (κ1) is 16.0. The number of benzene rings is 1. The Kier molecular flexibility index (Phi) is 4.66. The molecule has 0 aliphatic heterocycles. The van der Waals surface area contributed by atoms with Crippen molar-refractivity contribution >= 4 is 15.9 Å². The molecule has 1 aliphatic rings. The number of nitrogens with one attached hydrogen (secondary N) is 1. The average Bonchev–Trinajstić information content (AvgIpc) is 2.25. The molecule has 1 fully saturated rings. The molecule has 112 valence electrons. The molecule has 2 atom stereocenters. The Labute approximate surface area is 132 Å². The first-order valence-corrected chi connectivity index (χ1v) is 8.51. The third kappa shape index (κ3) is 4.08. The molecule has 1 N–H and O–H groups in total. The molecule has 0 amide bonds. The van der Waals surface area contributed by atoms with Gasteiger partial charge >= 0.3 is 0 Å². The van der Waals surface area contributed by atoms with Crippen LogP contribution >= 0.6 is 15.9 Å². The third-order valence-electron chi connectivity index (χ3n) is 4.52. The fourth-order valence-corrected chi connectivity index (χ4v) is 4.18. The van der Waals surface area contributed by atoms with Gasteiger partial charge in [0, 0.05) is 16.1 Å². The highest BCUT2D eigenvalue weighted by Gasteiger charge is 2.34. The second-order valence-corrected chi connectivity index (χ2v) is 8.80. The fraction of sp³-hybridized carbons (Fsp3) is 0.667. The Hall–Kier alpha value is -0.340. The van der Waals surface area contributed by atoms with Crippen LogP contribution in [0, 0.1) is 11.3 Å². The van der Waals surface area contributed by atoms with Crippen molar-refractivity contribution in [3.8, 4) is 0 Å². The van der Waals surface area contributed by atoms with Gasteiger partial charge in [-0.05, 0) is 62.1 Å². The van der Waals surface area contributed by atoms with E-state index in [2.05, 4.69) is 80.1 Å².